The zero-order valence-electron chi connectivity index (χ0n) is 17.0. The van der Waals surface area contributed by atoms with Gasteiger partial charge in [-0.15, -0.1) is 12.4 Å². The summed E-state index contributed by atoms with van der Waals surface area (Å²) in [6.07, 6.45) is 0.853. The minimum Gasteiger partial charge on any atom is -0.379 e. The van der Waals surface area contributed by atoms with Crippen molar-refractivity contribution in [2.45, 2.75) is 13.3 Å². The highest BCUT2D eigenvalue weighted by Crippen LogP contribution is 2.33. The van der Waals surface area contributed by atoms with Crippen LogP contribution in [0.1, 0.15) is 22.6 Å². The maximum Gasteiger partial charge on any atom is 0.278 e. The molecule has 0 radical (unpaired) electrons. The fraction of sp³-hybridized carbons (Fsp3) is 0.450. The summed E-state index contributed by atoms with van der Waals surface area (Å²) < 4.78 is 8.02. The third-order valence-corrected chi connectivity index (χ3v) is 6.36. The van der Waals surface area contributed by atoms with E-state index in [0.29, 0.717) is 22.4 Å². The van der Waals surface area contributed by atoms with Crippen LogP contribution in [-0.2, 0) is 11.8 Å². The van der Waals surface area contributed by atoms with Gasteiger partial charge >= 0.3 is 0 Å². The molecule has 162 valence electrons. The Balaban J connectivity index is 0.00000256. The van der Waals surface area contributed by atoms with Crippen LogP contribution >= 0.6 is 35.3 Å². The Morgan fingerprint density at radius 3 is 2.77 bits per heavy atom. The van der Waals surface area contributed by atoms with E-state index in [0.717, 1.165) is 55.2 Å². The zero-order valence-corrected chi connectivity index (χ0v) is 19.4. The normalized spacial score (nSPS) is 14.6. The maximum atomic E-state index is 13.4. The van der Waals surface area contributed by atoms with Crippen molar-refractivity contribution in [1.29, 1.82) is 0 Å². The SMILES string of the molecule is Cc1cc(C(=O)N(CCCN2CCOCC2)c2nc3c(Cl)cccc3s2)n(C)n1.Cl. The lowest BCUT2D eigenvalue weighted by atomic mass is 10.3. The number of hydrogen-bond donors (Lipinski definition) is 0. The number of aromatic nitrogens is 3. The number of carbonyl (C=O) groups is 1. The third-order valence-electron chi connectivity index (χ3n) is 5.02. The molecule has 1 aromatic carbocycles. The summed E-state index contributed by atoms with van der Waals surface area (Å²) in [6, 6.07) is 7.52. The predicted molar refractivity (Wildman–Crippen MR) is 123 cm³/mol. The van der Waals surface area contributed by atoms with Gasteiger partial charge in [0.25, 0.3) is 5.91 Å². The first kappa shape index (κ1) is 23.0. The fourth-order valence-corrected chi connectivity index (χ4v) is 4.82. The van der Waals surface area contributed by atoms with Crippen molar-refractivity contribution >= 4 is 56.6 Å². The van der Waals surface area contributed by atoms with Gasteiger partial charge < -0.3 is 4.74 Å². The summed E-state index contributed by atoms with van der Waals surface area (Å²) in [6.45, 7) is 6.80. The van der Waals surface area contributed by atoms with Crippen LogP contribution in [0.25, 0.3) is 10.2 Å². The Kier molecular flexibility index (Phi) is 7.70. The van der Waals surface area contributed by atoms with Crippen LogP contribution in [-0.4, -0.2) is 65.0 Å². The van der Waals surface area contributed by atoms with Crippen molar-refractivity contribution in [3.8, 4) is 0 Å². The number of hydrogen-bond acceptors (Lipinski definition) is 6. The van der Waals surface area contributed by atoms with E-state index in [2.05, 4.69) is 15.0 Å². The molecule has 0 bridgehead atoms. The largest absolute Gasteiger partial charge is 0.379 e. The van der Waals surface area contributed by atoms with Crippen molar-refractivity contribution < 1.29 is 9.53 Å². The van der Waals surface area contributed by atoms with Gasteiger partial charge in [-0.25, -0.2) is 4.98 Å². The lowest BCUT2D eigenvalue weighted by molar-refractivity contribution is 0.0376. The van der Waals surface area contributed by atoms with Crippen molar-refractivity contribution in [2.75, 3.05) is 44.3 Å². The summed E-state index contributed by atoms with van der Waals surface area (Å²) in [5, 5.41) is 5.59. The molecule has 10 heteroatoms. The molecule has 1 saturated heterocycles. The monoisotopic (exact) mass is 469 g/mol. The number of rotatable bonds is 6. The van der Waals surface area contributed by atoms with Gasteiger partial charge in [0.05, 0.1) is 28.6 Å². The minimum absolute atomic E-state index is 0. The lowest BCUT2D eigenvalue weighted by Gasteiger charge is -2.27. The molecule has 7 nitrogen and oxygen atoms in total. The van der Waals surface area contributed by atoms with E-state index in [1.54, 1.807) is 16.6 Å². The first-order valence-electron chi connectivity index (χ1n) is 9.70. The standard InChI is InChI=1S/C20H24ClN5O2S.ClH/c1-14-13-16(24(2)23-14)19(27)26(8-4-7-25-9-11-28-12-10-25)20-22-18-15(21)5-3-6-17(18)29-20;/h3,5-6,13H,4,7-12H2,1-2H3;1H. The molecular weight excluding hydrogens is 445 g/mol. The average molecular weight is 470 g/mol. The van der Waals surface area contributed by atoms with E-state index in [4.69, 9.17) is 16.3 Å². The van der Waals surface area contributed by atoms with E-state index in [1.807, 2.05) is 31.2 Å². The van der Waals surface area contributed by atoms with Gasteiger partial charge in [0.1, 0.15) is 11.2 Å². The van der Waals surface area contributed by atoms with Gasteiger partial charge in [-0.3, -0.25) is 19.3 Å². The van der Waals surface area contributed by atoms with Crippen molar-refractivity contribution in [3.05, 3.63) is 40.7 Å². The van der Waals surface area contributed by atoms with Crippen LogP contribution in [0.4, 0.5) is 5.13 Å². The summed E-state index contributed by atoms with van der Waals surface area (Å²) in [4.78, 5) is 22.2. The summed E-state index contributed by atoms with van der Waals surface area (Å²) in [7, 11) is 1.79. The average Bonchev–Trinajstić information content (AvgIpc) is 3.29. The highest BCUT2D eigenvalue weighted by molar-refractivity contribution is 7.22. The van der Waals surface area contributed by atoms with E-state index < -0.39 is 0 Å². The number of carbonyl (C=O) groups excluding carboxylic acids is 1. The molecule has 30 heavy (non-hydrogen) atoms. The molecule has 0 N–H and O–H groups in total. The molecule has 4 rings (SSSR count). The van der Waals surface area contributed by atoms with Gasteiger partial charge in [-0.1, -0.05) is 29.0 Å². The molecule has 1 aliphatic heterocycles. The van der Waals surface area contributed by atoms with Crippen LogP contribution in [0, 0.1) is 6.92 Å². The van der Waals surface area contributed by atoms with Crippen molar-refractivity contribution in [3.63, 3.8) is 0 Å². The van der Waals surface area contributed by atoms with Crippen molar-refractivity contribution in [1.82, 2.24) is 19.7 Å². The molecular formula is C20H25Cl2N5O2S. The van der Waals surface area contributed by atoms with E-state index in [1.165, 1.54) is 11.3 Å². The quantitative estimate of drug-likeness (QED) is 0.549. The summed E-state index contributed by atoms with van der Waals surface area (Å²) in [5.74, 6) is -0.0924. The van der Waals surface area contributed by atoms with Crippen LogP contribution in [0.3, 0.4) is 0 Å². The van der Waals surface area contributed by atoms with E-state index in [9.17, 15) is 4.79 Å². The van der Waals surface area contributed by atoms with E-state index in [-0.39, 0.29) is 18.3 Å². The number of fused-ring (bicyclic) bond motifs is 1. The molecule has 1 amide bonds. The Morgan fingerprint density at radius 1 is 1.33 bits per heavy atom. The number of amides is 1. The number of aryl methyl sites for hydroxylation is 2. The number of halogens is 2. The molecule has 3 heterocycles. The number of benzene rings is 1. The summed E-state index contributed by atoms with van der Waals surface area (Å²) in [5.41, 5.74) is 2.11. The number of para-hydroxylation sites is 1. The topological polar surface area (TPSA) is 63.5 Å². The molecule has 0 spiro atoms. The van der Waals surface area contributed by atoms with Gasteiger partial charge in [0, 0.05) is 33.2 Å². The van der Waals surface area contributed by atoms with Gasteiger partial charge in [0.2, 0.25) is 0 Å². The maximum absolute atomic E-state index is 13.4. The Labute approximate surface area is 191 Å². The predicted octanol–water partition coefficient (Wildman–Crippen LogP) is 3.78. The summed E-state index contributed by atoms with van der Waals surface area (Å²) >= 11 is 7.80. The molecule has 1 aliphatic rings. The van der Waals surface area contributed by atoms with Crippen LogP contribution in [0.2, 0.25) is 5.02 Å². The molecule has 0 unspecified atom stereocenters. The Bertz CT molecular complexity index is 1020. The Hall–Kier alpha value is -1.71. The van der Waals surface area contributed by atoms with E-state index >= 15 is 0 Å². The molecule has 0 atom stereocenters. The smallest absolute Gasteiger partial charge is 0.278 e. The third kappa shape index (κ3) is 4.95. The number of morpholine rings is 1. The molecule has 0 saturated carbocycles. The molecule has 1 fully saturated rings. The highest BCUT2D eigenvalue weighted by atomic mass is 35.5. The second-order valence-electron chi connectivity index (χ2n) is 7.14. The van der Waals surface area contributed by atoms with Gasteiger partial charge in [-0.05, 0) is 31.5 Å². The first-order chi connectivity index (χ1) is 14.0. The second-order valence-corrected chi connectivity index (χ2v) is 8.56. The fourth-order valence-electron chi connectivity index (χ4n) is 3.53. The lowest BCUT2D eigenvalue weighted by Crippen LogP contribution is -2.39. The van der Waals surface area contributed by atoms with Crippen LogP contribution in [0.15, 0.2) is 24.3 Å². The Morgan fingerprint density at radius 2 is 2.10 bits per heavy atom. The molecule has 0 aliphatic carbocycles. The zero-order chi connectivity index (χ0) is 20.4. The molecule has 2 aromatic heterocycles. The van der Waals surface area contributed by atoms with Gasteiger partial charge in [0.15, 0.2) is 5.13 Å². The number of nitrogens with zero attached hydrogens (tertiary/aromatic N) is 5. The molecule has 3 aromatic rings. The van der Waals surface area contributed by atoms with Crippen LogP contribution in [0.5, 0.6) is 0 Å². The first-order valence-corrected chi connectivity index (χ1v) is 10.9. The number of ether oxygens (including phenoxy) is 1. The van der Waals surface area contributed by atoms with Crippen molar-refractivity contribution in [2.24, 2.45) is 7.05 Å². The highest BCUT2D eigenvalue weighted by Gasteiger charge is 2.24. The second kappa shape index (κ2) is 10.1. The minimum atomic E-state index is -0.0924. The van der Waals surface area contributed by atoms with Gasteiger partial charge in [-0.2, -0.15) is 5.10 Å². The van der Waals surface area contributed by atoms with Crippen LogP contribution < -0.4 is 4.90 Å². The number of anilines is 1. The number of thiazole rings is 1.